The summed E-state index contributed by atoms with van der Waals surface area (Å²) in [7, 11) is 0. The Morgan fingerprint density at radius 2 is 1.93 bits per heavy atom. The molecule has 1 aliphatic heterocycles. The highest BCUT2D eigenvalue weighted by Gasteiger charge is 2.23. The molecule has 2 aromatic heterocycles. The fourth-order valence-electron chi connectivity index (χ4n) is 4.82. The largest absolute Gasteiger partial charge is 0.354 e. The molecule has 3 heterocycles. The van der Waals surface area contributed by atoms with E-state index in [1.54, 1.807) is 0 Å². The lowest BCUT2D eigenvalue weighted by atomic mass is 9.97. The van der Waals surface area contributed by atoms with E-state index in [0.29, 0.717) is 24.3 Å². The van der Waals surface area contributed by atoms with Gasteiger partial charge in [0.25, 0.3) is 5.56 Å². The van der Waals surface area contributed by atoms with E-state index < -0.39 is 0 Å². The molecule has 1 aromatic carbocycles. The van der Waals surface area contributed by atoms with Gasteiger partial charge in [0.2, 0.25) is 5.91 Å². The fraction of sp³-hybridized carbons (Fsp3) is 0.522. The van der Waals surface area contributed by atoms with E-state index in [-0.39, 0.29) is 18.0 Å². The smallest absolute Gasteiger partial charge is 0.273 e. The first-order valence-corrected chi connectivity index (χ1v) is 11.0. The van der Waals surface area contributed by atoms with E-state index in [1.807, 2.05) is 40.4 Å². The number of hydrogen-bond donors (Lipinski definition) is 1. The number of carbonyl (C=O) groups excluding carboxylic acids is 1. The average molecular weight is 410 g/mol. The van der Waals surface area contributed by atoms with Crippen molar-refractivity contribution in [2.24, 2.45) is 0 Å². The summed E-state index contributed by atoms with van der Waals surface area (Å²) >= 11 is 0. The molecule has 2 atom stereocenters. The molecule has 7 nitrogen and oxygen atoms in total. The first kappa shape index (κ1) is 20.6. The predicted octanol–water partition coefficient (Wildman–Crippen LogP) is 2.73. The summed E-state index contributed by atoms with van der Waals surface area (Å²) in [6.07, 6.45) is 4.79. The minimum atomic E-state index is -0.263. The van der Waals surface area contributed by atoms with Crippen molar-refractivity contribution in [2.75, 3.05) is 13.1 Å². The summed E-state index contributed by atoms with van der Waals surface area (Å²) in [6.45, 7) is 8.34. The maximum atomic E-state index is 12.7. The number of rotatable bonds is 6. The number of aryl methyl sites for hydroxylation is 1. The number of fused-ring (bicyclic) bond motifs is 3. The summed E-state index contributed by atoms with van der Waals surface area (Å²) in [6, 6.07) is 10.5. The predicted molar refractivity (Wildman–Crippen MR) is 119 cm³/mol. The maximum absolute atomic E-state index is 12.7. The van der Waals surface area contributed by atoms with Crippen molar-refractivity contribution in [3.05, 3.63) is 46.4 Å². The molecule has 1 saturated heterocycles. The second kappa shape index (κ2) is 8.60. The summed E-state index contributed by atoms with van der Waals surface area (Å²) in [4.78, 5) is 31.4. The number of nitrogens with zero attached hydrogens (tertiary/aromatic N) is 4. The van der Waals surface area contributed by atoms with Crippen molar-refractivity contribution in [1.29, 1.82) is 0 Å². The van der Waals surface area contributed by atoms with Crippen LogP contribution >= 0.6 is 0 Å². The van der Waals surface area contributed by atoms with E-state index in [1.165, 1.54) is 25.3 Å². The molecular formula is C23H31N5O2. The van der Waals surface area contributed by atoms with Crippen LogP contribution in [0.25, 0.3) is 16.6 Å². The third-order valence-electron chi connectivity index (χ3n) is 6.33. The number of para-hydroxylation sites is 1. The molecule has 1 amide bonds. The van der Waals surface area contributed by atoms with Gasteiger partial charge in [0.1, 0.15) is 6.54 Å². The molecule has 1 aliphatic rings. The molecule has 1 fully saturated rings. The van der Waals surface area contributed by atoms with Gasteiger partial charge in [0.15, 0.2) is 5.65 Å². The van der Waals surface area contributed by atoms with Crippen LogP contribution in [0.5, 0.6) is 0 Å². The highest BCUT2D eigenvalue weighted by Crippen LogP contribution is 2.23. The van der Waals surface area contributed by atoms with Gasteiger partial charge in [0, 0.05) is 42.3 Å². The normalized spacial score (nSPS) is 20.1. The van der Waals surface area contributed by atoms with E-state index in [9.17, 15) is 9.59 Å². The monoisotopic (exact) mass is 409 g/mol. The van der Waals surface area contributed by atoms with E-state index in [0.717, 1.165) is 29.6 Å². The van der Waals surface area contributed by atoms with Crippen LogP contribution in [0, 0.1) is 6.92 Å². The second-order valence-electron chi connectivity index (χ2n) is 8.52. The molecule has 3 aromatic rings. The van der Waals surface area contributed by atoms with Gasteiger partial charge in [-0.2, -0.15) is 4.98 Å². The van der Waals surface area contributed by atoms with Gasteiger partial charge in [-0.15, -0.1) is 0 Å². The molecule has 0 spiro atoms. The maximum Gasteiger partial charge on any atom is 0.273 e. The molecule has 0 saturated carbocycles. The summed E-state index contributed by atoms with van der Waals surface area (Å²) in [5.41, 5.74) is 1.99. The van der Waals surface area contributed by atoms with Crippen molar-refractivity contribution in [3.8, 4) is 0 Å². The molecule has 160 valence electrons. The van der Waals surface area contributed by atoms with Crippen molar-refractivity contribution in [1.82, 2.24) is 24.4 Å². The second-order valence-corrected chi connectivity index (χ2v) is 8.52. The summed E-state index contributed by atoms with van der Waals surface area (Å²) < 4.78 is 3.76. The van der Waals surface area contributed by atoms with Crippen LogP contribution < -0.4 is 10.9 Å². The number of likely N-dealkylation sites (tertiary alicyclic amines) is 1. The summed E-state index contributed by atoms with van der Waals surface area (Å²) in [5, 5.41) is 3.94. The fourth-order valence-corrected chi connectivity index (χ4v) is 4.82. The van der Waals surface area contributed by atoms with Crippen molar-refractivity contribution in [3.63, 3.8) is 0 Å². The first-order valence-electron chi connectivity index (χ1n) is 11.0. The van der Waals surface area contributed by atoms with Gasteiger partial charge in [-0.25, -0.2) is 4.52 Å². The van der Waals surface area contributed by atoms with Gasteiger partial charge in [0.05, 0.1) is 5.52 Å². The Morgan fingerprint density at radius 1 is 1.20 bits per heavy atom. The molecular weight excluding hydrogens is 378 g/mol. The quantitative estimate of drug-likeness (QED) is 0.636. The van der Waals surface area contributed by atoms with Crippen LogP contribution in [0.3, 0.4) is 0 Å². The SMILES string of the molecule is Cc1cc(=O)nc2c3ccccc3n(CC(=O)NCCCN3[C@H](C)CCC[C@H]3C)n12. The van der Waals surface area contributed by atoms with Gasteiger partial charge in [-0.1, -0.05) is 18.6 Å². The highest BCUT2D eigenvalue weighted by atomic mass is 16.2. The van der Waals surface area contributed by atoms with Crippen LogP contribution in [-0.2, 0) is 11.3 Å². The summed E-state index contributed by atoms with van der Waals surface area (Å²) in [5.74, 6) is -0.0319. The van der Waals surface area contributed by atoms with Gasteiger partial charge >= 0.3 is 0 Å². The van der Waals surface area contributed by atoms with Crippen LogP contribution in [0.1, 0.15) is 45.2 Å². The Kier molecular flexibility index (Phi) is 5.90. The third-order valence-corrected chi connectivity index (χ3v) is 6.33. The zero-order valence-corrected chi connectivity index (χ0v) is 18.1. The van der Waals surface area contributed by atoms with Crippen LogP contribution in [0.4, 0.5) is 0 Å². The van der Waals surface area contributed by atoms with E-state index in [2.05, 4.69) is 29.0 Å². The Balaban J connectivity index is 1.45. The molecule has 1 N–H and O–H groups in total. The minimum Gasteiger partial charge on any atom is -0.354 e. The van der Waals surface area contributed by atoms with Crippen molar-refractivity contribution in [2.45, 2.75) is 65.1 Å². The molecule has 0 radical (unpaired) electrons. The van der Waals surface area contributed by atoms with E-state index in [4.69, 9.17) is 0 Å². The standard InChI is InChI=1S/C23H31N5O2/c1-16-8-6-9-17(2)26(16)13-7-12-24-22(30)15-27-20-11-5-4-10-19(20)23-25-21(29)14-18(3)28(23)27/h4-5,10-11,14,16-17H,6-9,12-13,15H2,1-3H3,(H,24,30)/t16-,17-/m1/s1. The molecule has 30 heavy (non-hydrogen) atoms. The molecule has 0 aliphatic carbocycles. The highest BCUT2D eigenvalue weighted by molar-refractivity contribution is 5.93. The average Bonchev–Trinajstić information content (AvgIpc) is 3.01. The van der Waals surface area contributed by atoms with Crippen molar-refractivity contribution < 1.29 is 4.79 Å². The zero-order valence-electron chi connectivity index (χ0n) is 18.1. The van der Waals surface area contributed by atoms with Gasteiger partial charge < -0.3 is 5.32 Å². The first-order chi connectivity index (χ1) is 14.5. The Bertz CT molecular complexity index is 1110. The number of piperidine rings is 1. The zero-order chi connectivity index (χ0) is 21.3. The molecule has 0 unspecified atom stereocenters. The molecule has 0 bridgehead atoms. The van der Waals surface area contributed by atoms with Gasteiger partial charge in [-0.3, -0.25) is 19.2 Å². The molecule has 4 rings (SSSR count). The number of hydrogen-bond acceptors (Lipinski definition) is 4. The number of aromatic nitrogens is 3. The van der Waals surface area contributed by atoms with E-state index >= 15 is 0 Å². The lowest BCUT2D eigenvalue weighted by molar-refractivity contribution is -0.121. The lowest BCUT2D eigenvalue weighted by Crippen LogP contribution is -2.44. The number of amides is 1. The molecule has 7 heteroatoms. The van der Waals surface area contributed by atoms with Crippen LogP contribution in [-0.4, -0.2) is 50.2 Å². The van der Waals surface area contributed by atoms with Crippen molar-refractivity contribution >= 4 is 22.5 Å². The topological polar surface area (TPSA) is 71.6 Å². The minimum absolute atomic E-state index is 0.0319. The lowest BCUT2D eigenvalue weighted by Gasteiger charge is -2.39. The van der Waals surface area contributed by atoms with Crippen LogP contribution in [0.15, 0.2) is 35.1 Å². The van der Waals surface area contributed by atoms with Crippen LogP contribution in [0.2, 0.25) is 0 Å². The Morgan fingerprint density at radius 3 is 2.70 bits per heavy atom. The van der Waals surface area contributed by atoms with Gasteiger partial charge in [-0.05, 0) is 52.2 Å². The Hall–Kier alpha value is -2.67. The third kappa shape index (κ3) is 3.99. The Labute approximate surface area is 176 Å². The number of nitrogens with one attached hydrogen (secondary N) is 1. The number of carbonyl (C=O) groups is 1. The number of benzene rings is 1.